The van der Waals surface area contributed by atoms with Crippen LogP contribution in [0.3, 0.4) is 0 Å². The topological polar surface area (TPSA) is 56.8 Å². The lowest BCUT2D eigenvalue weighted by atomic mass is 9.97. The molecule has 0 radical (unpaired) electrons. The van der Waals surface area contributed by atoms with Crippen LogP contribution in [-0.4, -0.2) is 55.0 Å². The number of nitrogens with zero attached hydrogens (tertiary/aromatic N) is 2. The average molecular weight is 423 g/mol. The molecule has 6 nitrogen and oxygen atoms in total. The van der Waals surface area contributed by atoms with Crippen LogP contribution in [0.1, 0.15) is 42.0 Å². The molecule has 166 valence electrons. The first-order valence-corrected chi connectivity index (χ1v) is 11.3. The molecule has 31 heavy (non-hydrogen) atoms. The van der Waals surface area contributed by atoms with E-state index in [4.69, 9.17) is 4.74 Å². The summed E-state index contributed by atoms with van der Waals surface area (Å²) < 4.78 is 6.18. The van der Waals surface area contributed by atoms with E-state index in [1.54, 1.807) is 0 Å². The van der Waals surface area contributed by atoms with Gasteiger partial charge in [-0.25, -0.2) is 5.43 Å². The summed E-state index contributed by atoms with van der Waals surface area (Å²) in [6.45, 7) is 6.30. The Labute approximate surface area is 185 Å². The number of carbonyl (C=O) groups excluding carboxylic acids is 1. The largest absolute Gasteiger partial charge is 0.489 e. The quantitative estimate of drug-likeness (QED) is 0.718. The van der Waals surface area contributed by atoms with E-state index in [1.165, 1.54) is 11.1 Å². The van der Waals surface area contributed by atoms with Crippen LogP contribution < -0.4 is 15.6 Å². The number of aryl methyl sites for hydroxylation is 1. The Morgan fingerprint density at radius 1 is 1.06 bits per heavy atom. The number of benzene rings is 2. The second-order valence-corrected chi connectivity index (χ2v) is 8.81. The Morgan fingerprint density at radius 2 is 1.84 bits per heavy atom. The van der Waals surface area contributed by atoms with Crippen molar-refractivity contribution in [1.82, 2.24) is 20.7 Å². The summed E-state index contributed by atoms with van der Waals surface area (Å²) in [5, 5.41) is 0. The highest BCUT2D eigenvalue weighted by molar-refractivity contribution is 5.76. The van der Waals surface area contributed by atoms with Gasteiger partial charge in [-0.2, -0.15) is 0 Å². The molecule has 2 unspecified atom stereocenters. The van der Waals surface area contributed by atoms with E-state index in [-0.39, 0.29) is 18.0 Å². The number of hydrazine groups is 1. The predicted octanol–water partition coefficient (Wildman–Crippen LogP) is 3.04. The molecule has 2 N–H and O–H groups in total. The van der Waals surface area contributed by atoms with Gasteiger partial charge < -0.3 is 14.5 Å². The summed E-state index contributed by atoms with van der Waals surface area (Å²) in [6, 6.07) is 17.1. The third-order valence-electron chi connectivity index (χ3n) is 6.32. The van der Waals surface area contributed by atoms with Crippen LogP contribution >= 0.6 is 0 Å². The van der Waals surface area contributed by atoms with E-state index in [0.29, 0.717) is 13.0 Å². The zero-order valence-electron chi connectivity index (χ0n) is 18.6. The van der Waals surface area contributed by atoms with Crippen molar-refractivity contribution in [3.8, 4) is 5.75 Å². The van der Waals surface area contributed by atoms with Crippen molar-refractivity contribution >= 4 is 5.91 Å². The van der Waals surface area contributed by atoms with Crippen molar-refractivity contribution in [3.63, 3.8) is 0 Å². The molecule has 2 aromatic rings. The van der Waals surface area contributed by atoms with Crippen molar-refractivity contribution in [2.24, 2.45) is 0 Å². The van der Waals surface area contributed by atoms with Gasteiger partial charge in [-0.1, -0.05) is 48.0 Å². The van der Waals surface area contributed by atoms with Gasteiger partial charge in [0.15, 0.2) is 0 Å². The van der Waals surface area contributed by atoms with Crippen LogP contribution in [0.4, 0.5) is 0 Å². The minimum absolute atomic E-state index is 0.175. The highest BCUT2D eigenvalue weighted by Crippen LogP contribution is 2.32. The number of amides is 1. The highest BCUT2D eigenvalue weighted by atomic mass is 16.5. The van der Waals surface area contributed by atoms with Crippen LogP contribution in [-0.2, 0) is 11.4 Å². The lowest BCUT2D eigenvalue weighted by Gasteiger charge is -2.32. The Hall–Kier alpha value is -2.41. The van der Waals surface area contributed by atoms with Gasteiger partial charge in [0.25, 0.3) is 0 Å². The van der Waals surface area contributed by atoms with E-state index in [2.05, 4.69) is 60.1 Å². The molecule has 2 aliphatic heterocycles. The smallest absolute Gasteiger partial charge is 0.222 e. The van der Waals surface area contributed by atoms with Gasteiger partial charge in [-0.15, -0.1) is 0 Å². The fourth-order valence-corrected chi connectivity index (χ4v) is 4.33. The predicted molar refractivity (Wildman–Crippen MR) is 123 cm³/mol. The Morgan fingerprint density at radius 3 is 2.61 bits per heavy atom. The molecule has 6 heteroatoms. The number of rotatable bonds is 7. The van der Waals surface area contributed by atoms with Gasteiger partial charge >= 0.3 is 0 Å². The molecule has 2 aliphatic rings. The van der Waals surface area contributed by atoms with Gasteiger partial charge in [0.05, 0.1) is 6.04 Å². The van der Waals surface area contributed by atoms with Gasteiger partial charge in [0.1, 0.15) is 12.4 Å². The molecular formula is C25H34N4O2. The second-order valence-electron chi connectivity index (χ2n) is 8.81. The second kappa shape index (κ2) is 10.3. The summed E-state index contributed by atoms with van der Waals surface area (Å²) in [5.41, 5.74) is 10.4. The number of hydrogen-bond donors (Lipinski definition) is 2. The van der Waals surface area contributed by atoms with Gasteiger partial charge in [0, 0.05) is 44.2 Å². The SMILES string of the molecule is Cc1ccc(OCc2ccccc2)c(C2CC(CCC(=O)N3CCN(C)CC3)NN2)c1. The molecule has 4 rings (SSSR count). The molecule has 0 spiro atoms. The molecule has 1 amide bonds. The average Bonchev–Trinajstić information content (AvgIpc) is 3.27. The lowest BCUT2D eigenvalue weighted by molar-refractivity contribution is -0.132. The maximum Gasteiger partial charge on any atom is 0.222 e. The summed E-state index contributed by atoms with van der Waals surface area (Å²) >= 11 is 0. The minimum Gasteiger partial charge on any atom is -0.489 e. The monoisotopic (exact) mass is 422 g/mol. The lowest BCUT2D eigenvalue weighted by Crippen LogP contribution is -2.47. The zero-order chi connectivity index (χ0) is 21.6. The van der Waals surface area contributed by atoms with E-state index >= 15 is 0 Å². The summed E-state index contributed by atoms with van der Waals surface area (Å²) in [4.78, 5) is 16.9. The van der Waals surface area contributed by atoms with Crippen molar-refractivity contribution in [1.29, 1.82) is 0 Å². The third-order valence-corrected chi connectivity index (χ3v) is 6.32. The van der Waals surface area contributed by atoms with Crippen molar-refractivity contribution in [3.05, 3.63) is 65.2 Å². The highest BCUT2D eigenvalue weighted by Gasteiger charge is 2.28. The van der Waals surface area contributed by atoms with Crippen LogP contribution in [0.15, 0.2) is 48.5 Å². The first kappa shape index (κ1) is 21.8. The number of ether oxygens (including phenoxy) is 1. The molecule has 0 bridgehead atoms. The molecule has 0 saturated carbocycles. The molecule has 2 heterocycles. The van der Waals surface area contributed by atoms with Gasteiger partial charge in [-0.3, -0.25) is 10.2 Å². The first-order valence-electron chi connectivity index (χ1n) is 11.3. The van der Waals surface area contributed by atoms with E-state index in [9.17, 15) is 4.79 Å². The number of likely N-dealkylation sites (N-methyl/N-ethyl adjacent to an activating group) is 1. The van der Waals surface area contributed by atoms with Gasteiger partial charge in [-0.05, 0) is 38.4 Å². The standard InChI is InChI=1S/C25H34N4O2/c1-19-8-10-24(31-18-20-6-4-3-5-7-20)22(16-19)23-17-21(26-27-23)9-11-25(30)29-14-12-28(2)13-15-29/h3-8,10,16,21,23,26-27H,9,11-15,17-18H2,1-2H3. The molecule has 0 aliphatic carbocycles. The third kappa shape index (κ3) is 5.85. The molecular weight excluding hydrogens is 388 g/mol. The first-order chi connectivity index (χ1) is 15.1. The molecule has 2 saturated heterocycles. The summed E-state index contributed by atoms with van der Waals surface area (Å²) in [6.07, 6.45) is 2.39. The van der Waals surface area contributed by atoms with E-state index < -0.39 is 0 Å². The van der Waals surface area contributed by atoms with Crippen LogP contribution in [0, 0.1) is 6.92 Å². The van der Waals surface area contributed by atoms with Crippen LogP contribution in [0.5, 0.6) is 5.75 Å². The van der Waals surface area contributed by atoms with Crippen LogP contribution in [0.25, 0.3) is 0 Å². The normalized spacial score (nSPS) is 21.9. The molecule has 2 atom stereocenters. The van der Waals surface area contributed by atoms with Crippen molar-refractivity contribution < 1.29 is 9.53 Å². The van der Waals surface area contributed by atoms with E-state index in [0.717, 1.165) is 50.3 Å². The summed E-state index contributed by atoms with van der Waals surface area (Å²) in [7, 11) is 2.11. The Bertz CT molecular complexity index is 865. The maximum atomic E-state index is 12.6. The number of carbonyl (C=O) groups is 1. The maximum absolute atomic E-state index is 12.6. The Balaban J connectivity index is 1.32. The fraction of sp³-hybridized carbons (Fsp3) is 0.480. The summed E-state index contributed by atoms with van der Waals surface area (Å²) in [5.74, 6) is 1.20. The minimum atomic E-state index is 0.175. The number of hydrogen-bond acceptors (Lipinski definition) is 5. The fourth-order valence-electron chi connectivity index (χ4n) is 4.33. The van der Waals surface area contributed by atoms with E-state index in [1.807, 2.05) is 23.1 Å². The zero-order valence-corrected chi connectivity index (χ0v) is 18.6. The number of nitrogens with one attached hydrogen (secondary N) is 2. The van der Waals surface area contributed by atoms with Crippen molar-refractivity contribution in [2.75, 3.05) is 33.2 Å². The van der Waals surface area contributed by atoms with Crippen molar-refractivity contribution in [2.45, 2.75) is 44.9 Å². The van der Waals surface area contributed by atoms with Crippen LogP contribution in [0.2, 0.25) is 0 Å². The van der Waals surface area contributed by atoms with Gasteiger partial charge in [0.2, 0.25) is 5.91 Å². The molecule has 2 aromatic carbocycles. The number of piperazine rings is 1. The molecule has 0 aromatic heterocycles. The Kier molecular flexibility index (Phi) is 7.22. The molecule has 2 fully saturated rings.